The summed E-state index contributed by atoms with van der Waals surface area (Å²) < 4.78 is 0. The molecule has 0 aliphatic carbocycles. The van der Waals surface area contributed by atoms with E-state index in [4.69, 9.17) is 5.73 Å². The first kappa shape index (κ1) is 12.1. The lowest BCUT2D eigenvalue weighted by Gasteiger charge is -2.13. The second kappa shape index (κ2) is 5.31. The maximum absolute atomic E-state index is 11.9. The molecular formula is C14H15N3O. The standard InChI is InChI=1S/C14H15N3O/c1-10(11-5-3-2-4-6-11)17-14(18)13-8-7-12(15)9-16-13/h2-10H,15H2,1H3,(H,17,18)/t10-/m0/s1. The van der Waals surface area contributed by atoms with Gasteiger partial charge in [-0.25, -0.2) is 4.98 Å². The van der Waals surface area contributed by atoms with Crippen molar-refractivity contribution in [3.8, 4) is 0 Å². The van der Waals surface area contributed by atoms with Crippen LogP contribution in [-0.4, -0.2) is 10.9 Å². The lowest BCUT2D eigenvalue weighted by Crippen LogP contribution is -2.27. The van der Waals surface area contributed by atoms with Gasteiger partial charge >= 0.3 is 0 Å². The fraction of sp³-hybridized carbons (Fsp3) is 0.143. The van der Waals surface area contributed by atoms with Crippen LogP contribution in [0.25, 0.3) is 0 Å². The summed E-state index contributed by atoms with van der Waals surface area (Å²) in [6.45, 7) is 1.94. The molecule has 2 aromatic rings. The van der Waals surface area contributed by atoms with Gasteiger partial charge in [0.25, 0.3) is 5.91 Å². The Bertz CT molecular complexity index is 522. The first-order chi connectivity index (χ1) is 8.66. The Morgan fingerprint density at radius 3 is 2.56 bits per heavy atom. The third kappa shape index (κ3) is 2.85. The predicted molar refractivity (Wildman–Crippen MR) is 71.0 cm³/mol. The van der Waals surface area contributed by atoms with Gasteiger partial charge in [0.2, 0.25) is 0 Å². The average Bonchev–Trinajstić information content (AvgIpc) is 2.40. The van der Waals surface area contributed by atoms with Gasteiger partial charge in [-0.15, -0.1) is 0 Å². The van der Waals surface area contributed by atoms with Gasteiger partial charge in [0, 0.05) is 0 Å². The van der Waals surface area contributed by atoms with Crippen LogP contribution >= 0.6 is 0 Å². The third-order valence-corrected chi connectivity index (χ3v) is 2.67. The van der Waals surface area contributed by atoms with Gasteiger partial charge in [0.05, 0.1) is 17.9 Å². The Labute approximate surface area is 106 Å². The highest BCUT2D eigenvalue weighted by Crippen LogP contribution is 2.12. The van der Waals surface area contributed by atoms with E-state index in [9.17, 15) is 4.79 Å². The van der Waals surface area contributed by atoms with Crippen molar-refractivity contribution in [1.82, 2.24) is 10.3 Å². The number of hydrogen-bond donors (Lipinski definition) is 2. The van der Waals surface area contributed by atoms with Gasteiger partial charge in [-0.05, 0) is 24.6 Å². The molecule has 4 heteroatoms. The van der Waals surface area contributed by atoms with Crippen LogP contribution in [-0.2, 0) is 0 Å². The number of nitrogens with two attached hydrogens (primary N) is 1. The summed E-state index contributed by atoms with van der Waals surface area (Å²) in [4.78, 5) is 15.9. The number of amides is 1. The second-order valence-corrected chi connectivity index (χ2v) is 4.08. The van der Waals surface area contributed by atoms with E-state index in [-0.39, 0.29) is 11.9 Å². The molecule has 1 aromatic carbocycles. The topological polar surface area (TPSA) is 68.0 Å². The van der Waals surface area contributed by atoms with Crippen LogP contribution in [0, 0.1) is 0 Å². The molecule has 0 saturated carbocycles. The number of carbonyl (C=O) groups excluding carboxylic acids is 1. The van der Waals surface area contributed by atoms with Crippen molar-refractivity contribution in [3.05, 3.63) is 59.9 Å². The first-order valence-corrected chi connectivity index (χ1v) is 5.74. The van der Waals surface area contributed by atoms with Gasteiger partial charge in [-0.1, -0.05) is 30.3 Å². The molecule has 0 aliphatic rings. The molecule has 0 bridgehead atoms. The second-order valence-electron chi connectivity index (χ2n) is 4.08. The molecule has 1 aromatic heterocycles. The van der Waals surface area contributed by atoms with E-state index in [1.54, 1.807) is 12.1 Å². The van der Waals surface area contributed by atoms with Crippen LogP contribution in [0.2, 0.25) is 0 Å². The van der Waals surface area contributed by atoms with E-state index >= 15 is 0 Å². The molecule has 0 saturated heterocycles. The molecule has 0 unspecified atom stereocenters. The van der Waals surface area contributed by atoms with E-state index in [0.29, 0.717) is 11.4 Å². The number of hydrogen-bond acceptors (Lipinski definition) is 3. The molecule has 2 rings (SSSR count). The van der Waals surface area contributed by atoms with Crippen LogP contribution < -0.4 is 11.1 Å². The molecule has 4 nitrogen and oxygen atoms in total. The Hall–Kier alpha value is -2.36. The summed E-state index contributed by atoms with van der Waals surface area (Å²) in [5.41, 5.74) is 7.49. The predicted octanol–water partition coefficient (Wildman–Crippen LogP) is 2.15. The summed E-state index contributed by atoms with van der Waals surface area (Å²) in [6.07, 6.45) is 1.47. The summed E-state index contributed by atoms with van der Waals surface area (Å²) in [5.74, 6) is -0.202. The van der Waals surface area contributed by atoms with Crippen molar-refractivity contribution >= 4 is 11.6 Å². The molecule has 0 aliphatic heterocycles. The summed E-state index contributed by atoms with van der Waals surface area (Å²) >= 11 is 0. The molecule has 92 valence electrons. The number of nitrogens with zero attached hydrogens (tertiary/aromatic N) is 1. The third-order valence-electron chi connectivity index (χ3n) is 2.67. The van der Waals surface area contributed by atoms with Crippen molar-refractivity contribution in [2.45, 2.75) is 13.0 Å². The molecule has 1 amide bonds. The molecule has 0 fully saturated rings. The molecule has 0 spiro atoms. The lowest BCUT2D eigenvalue weighted by atomic mass is 10.1. The molecular weight excluding hydrogens is 226 g/mol. The van der Waals surface area contributed by atoms with E-state index in [1.165, 1.54) is 6.20 Å². The lowest BCUT2D eigenvalue weighted by molar-refractivity contribution is 0.0935. The van der Waals surface area contributed by atoms with Gasteiger partial charge < -0.3 is 11.1 Å². The summed E-state index contributed by atoms with van der Waals surface area (Å²) in [7, 11) is 0. The summed E-state index contributed by atoms with van der Waals surface area (Å²) in [6, 6.07) is 13.0. The highest BCUT2D eigenvalue weighted by Gasteiger charge is 2.11. The number of rotatable bonds is 3. The normalized spacial score (nSPS) is 11.8. The molecule has 3 N–H and O–H groups in total. The van der Waals surface area contributed by atoms with Crippen molar-refractivity contribution in [1.29, 1.82) is 0 Å². The minimum Gasteiger partial charge on any atom is -0.397 e. The molecule has 1 atom stereocenters. The maximum Gasteiger partial charge on any atom is 0.270 e. The van der Waals surface area contributed by atoms with Crippen molar-refractivity contribution in [2.24, 2.45) is 0 Å². The van der Waals surface area contributed by atoms with Gasteiger partial charge in [0.15, 0.2) is 0 Å². The zero-order valence-electron chi connectivity index (χ0n) is 10.1. The Morgan fingerprint density at radius 1 is 1.22 bits per heavy atom. The SMILES string of the molecule is C[C@H](NC(=O)c1ccc(N)cn1)c1ccccc1. The monoisotopic (exact) mass is 241 g/mol. The van der Waals surface area contributed by atoms with Crippen LogP contribution in [0.1, 0.15) is 29.0 Å². The zero-order chi connectivity index (χ0) is 13.0. The number of nitrogens with one attached hydrogen (secondary N) is 1. The fourth-order valence-corrected chi connectivity index (χ4v) is 1.64. The van der Waals surface area contributed by atoms with Gasteiger partial charge in [0.1, 0.15) is 5.69 Å². The minimum absolute atomic E-state index is 0.0574. The first-order valence-electron chi connectivity index (χ1n) is 5.74. The fourth-order valence-electron chi connectivity index (χ4n) is 1.64. The quantitative estimate of drug-likeness (QED) is 0.865. The van der Waals surface area contributed by atoms with E-state index in [0.717, 1.165) is 5.56 Å². The van der Waals surface area contributed by atoms with Crippen LogP contribution in [0.5, 0.6) is 0 Å². The number of aromatic nitrogens is 1. The molecule has 1 heterocycles. The smallest absolute Gasteiger partial charge is 0.270 e. The Kier molecular flexibility index (Phi) is 3.57. The van der Waals surface area contributed by atoms with E-state index in [1.807, 2.05) is 37.3 Å². The van der Waals surface area contributed by atoms with Crippen molar-refractivity contribution in [2.75, 3.05) is 5.73 Å². The average molecular weight is 241 g/mol. The minimum atomic E-state index is -0.202. The number of nitrogen functional groups attached to an aromatic ring is 1. The highest BCUT2D eigenvalue weighted by atomic mass is 16.1. The summed E-state index contributed by atoms with van der Waals surface area (Å²) in [5, 5.41) is 2.89. The van der Waals surface area contributed by atoms with Gasteiger partial charge in [-0.2, -0.15) is 0 Å². The molecule has 18 heavy (non-hydrogen) atoms. The number of carbonyl (C=O) groups is 1. The van der Waals surface area contributed by atoms with Gasteiger partial charge in [-0.3, -0.25) is 4.79 Å². The largest absolute Gasteiger partial charge is 0.397 e. The van der Waals surface area contributed by atoms with Crippen LogP contribution in [0.4, 0.5) is 5.69 Å². The molecule has 0 radical (unpaired) electrons. The maximum atomic E-state index is 11.9. The number of anilines is 1. The zero-order valence-corrected chi connectivity index (χ0v) is 10.1. The van der Waals surface area contributed by atoms with Crippen LogP contribution in [0.15, 0.2) is 48.7 Å². The highest BCUT2D eigenvalue weighted by molar-refractivity contribution is 5.92. The van der Waals surface area contributed by atoms with Crippen molar-refractivity contribution < 1.29 is 4.79 Å². The number of benzene rings is 1. The van der Waals surface area contributed by atoms with E-state index < -0.39 is 0 Å². The number of pyridine rings is 1. The van der Waals surface area contributed by atoms with E-state index in [2.05, 4.69) is 10.3 Å². The van der Waals surface area contributed by atoms with Crippen LogP contribution in [0.3, 0.4) is 0 Å². The van der Waals surface area contributed by atoms with Crippen molar-refractivity contribution in [3.63, 3.8) is 0 Å². The Morgan fingerprint density at radius 2 is 1.94 bits per heavy atom. The Balaban J connectivity index is 2.06.